The molecule has 0 aromatic rings. The van der Waals surface area contributed by atoms with Crippen LogP contribution in [0.4, 0.5) is 0 Å². The summed E-state index contributed by atoms with van der Waals surface area (Å²) in [5.74, 6) is 0. The Morgan fingerprint density at radius 3 is 2.13 bits per heavy atom. The fourth-order valence-corrected chi connectivity index (χ4v) is 0.997. The Bertz CT molecular complexity index is 350. The molecular formula is C13H16N2. The van der Waals surface area contributed by atoms with Crippen LogP contribution in [0.3, 0.4) is 0 Å². The highest BCUT2D eigenvalue weighted by molar-refractivity contribution is 5.38. The first kappa shape index (κ1) is 13.2. The van der Waals surface area contributed by atoms with Gasteiger partial charge in [-0.1, -0.05) is 23.3 Å². The summed E-state index contributed by atoms with van der Waals surface area (Å²) in [4.78, 5) is 0. The van der Waals surface area contributed by atoms with Gasteiger partial charge in [0.2, 0.25) is 0 Å². The molecule has 0 aromatic heterocycles. The van der Waals surface area contributed by atoms with Crippen LogP contribution in [0.1, 0.15) is 33.6 Å². The second-order valence-electron chi connectivity index (χ2n) is 3.64. The highest BCUT2D eigenvalue weighted by Crippen LogP contribution is 2.07. The van der Waals surface area contributed by atoms with Gasteiger partial charge < -0.3 is 0 Å². The molecule has 0 unspecified atom stereocenters. The van der Waals surface area contributed by atoms with Crippen molar-refractivity contribution in [3.8, 4) is 12.1 Å². The maximum Gasteiger partial charge on any atom is 0.129 e. The summed E-state index contributed by atoms with van der Waals surface area (Å²) in [6.45, 7) is 6.15. The van der Waals surface area contributed by atoms with E-state index in [2.05, 4.69) is 19.9 Å². The van der Waals surface area contributed by atoms with Gasteiger partial charge in [0.15, 0.2) is 0 Å². The summed E-state index contributed by atoms with van der Waals surface area (Å²) in [6, 6.07) is 3.65. The highest BCUT2D eigenvalue weighted by Gasteiger charge is 1.90. The molecule has 15 heavy (non-hydrogen) atoms. The van der Waals surface area contributed by atoms with E-state index in [9.17, 15) is 0 Å². The Morgan fingerprint density at radius 1 is 1.07 bits per heavy atom. The van der Waals surface area contributed by atoms with Gasteiger partial charge in [0.25, 0.3) is 0 Å². The summed E-state index contributed by atoms with van der Waals surface area (Å²) in [6.07, 6.45) is 7.55. The standard InChI is InChI=1S/C13H16N2/c1-11(2)5-4-6-12(3)7-8-13(9-14)10-15/h5,7-8H,4,6H2,1-3H3/b12-7+. The second kappa shape index (κ2) is 7.59. The van der Waals surface area contributed by atoms with Crippen LogP contribution in [0.5, 0.6) is 0 Å². The van der Waals surface area contributed by atoms with Gasteiger partial charge in [-0.3, -0.25) is 0 Å². The average Bonchev–Trinajstić information content (AvgIpc) is 2.18. The fourth-order valence-electron chi connectivity index (χ4n) is 0.997. The minimum absolute atomic E-state index is 0.150. The van der Waals surface area contributed by atoms with Crippen molar-refractivity contribution in [2.24, 2.45) is 0 Å². The first-order valence-electron chi connectivity index (χ1n) is 4.91. The van der Waals surface area contributed by atoms with E-state index in [1.54, 1.807) is 6.08 Å². The van der Waals surface area contributed by atoms with Crippen molar-refractivity contribution in [1.29, 1.82) is 10.5 Å². The van der Waals surface area contributed by atoms with Crippen molar-refractivity contribution in [3.05, 3.63) is 34.9 Å². The summed E-state index contributed by atoms with van der Waals surface area (Å²) in [5, 5.41) is 17.0. The van der Waals surface area contributed by atoms with Gasteiger partial charge in [-0.15, -0.1) is 0 Å². The molecule has 0 radical (unpaired) electrons. The minimum atomic E-state index is 0.150. The molecule has 0 rings (SSSR count). The molecule has 2 heteroatoms. The van der Waals surface area contributed by atoms with Crippen LogP contribution in [-0.4, -0.2) is 0 Å². The Labute approximate surface area is 91.8 Å². The van der Waals surface area contributed by atoms with E-state index < -0.39 is 0 Å². The Balaban J connectivity index is 4.24. The summed E-state index contributed by atoms with van der Waals surface area (Å²) in [5.41, 5.74) is 2.64. The first-order valence-corrected chi connectivity index (χ1v) is 4.91. The van der Waals surface area contributed by atoms with Crippen molar-refractivity contribution >= 4 is 0 Å². The van der Waals surface area contributed by atoms with E-state index in [-0.39, 0.29) is 5.57 Å². The van der Waals surface area contributed by atoms with Gasteiger partial charge in [0, 0.05) is 0 Å². The summed E-state index contributed by atoms with van der Waals surface area (Å²) >= 11 is 0. The van der Waals surface area contributed by atoms with Crippen molar-refractivity contribution in [3.63, 3.8) is 0 Å². The van der Waals surface area contributed by atoms with Gasteiger partial charge in [-0.05, 0) is 39.7 Å². The zero-order chi connectivity index (χ0) is 11.7. The Hall–Kier alpha value is -1.80. The zero-order valence-electron chi connectivity index (χ0n) is 9.54. The fraction of sp³-hybridized carbons (Fsp3) is 0.385. The third-order valence-electron chi connectivity index (χ3n) is 1.87. The van der Waals surface area contributed by atoms with Crippen LogP contribution >= 0.6 is 0 Å². The topological polar surface area (TPSA) is 47.6 Å². The number of allylic oxidation sites excluding steroid dienone is 6. The van der Waals surface area contributed by atoms with E-state index in [0.717, 1.165) is 12.8 Å². The molecule has 78 valence electrons. The molecule has 0 heterocycles. The van der Waals surface area contributed by atoms with Gasteiger partial charge in [0.1, 0.15) is 17.7 Å². The maximum absolute atomic E-state index is 8.51. The molecule has 0 aromatic carbocycles. The number of nitriles is 2. The normalized spacial score (nSPS) is 9.80. The Kier molecular flexibility index (Phi) is 6.68. The van der Waals surface area contributed by atoms with E-state index in [4.69, 9.17) is 10.5 Å². The third-order valence-corrected chi connectivity index (χ3v) is 1.87. The van der Waals surface area contributed by atoms with Crippen LogP contribution in [-0.2, 0) is 0 Å². The first-order chi connectivity index (χ1) is 7.10. The van der Waals surface area contributed by atoms with Gasteiger partial charge in [0.05, 0.1) is 0 Å². The molecule has 0 bridgehead atoms. The molecule has 0 N–H and O–H groups in total. The lowest BCUT2D eigenvalue weighted by Crippen LogP contribution is -1.77. The molecule has 2 nitrogen and oxygen atoms in total. The molecule has 0 atom stereocenters. The van der Waals surface area contributed by atoms with Gasteiger partial charge in [-0.25, -0.2) is 0 Å². The number of hydrogen-bond acceptors (Lipinski definition) is 2. The minimum Gasteiger partial charge on any atom is -0.192 e. The smallest absolute Gasteiger partial charge is 0.129 e. The molecule has 0 amide bonds. The van der Waals surface area contributed by atoms with Crippen molar-refractivity contribution < 1.29 is 0 Å². The molecule has 0 aliphatic heterocycles. The number of nitrogens with zero attached hydrogens (tertiary/aromatic N) is 2. The predicted octanol–water partition coefficient (Wildman–Crippen LogP) is 3.65. The third kappa shape index (κ3) is 7.28. The second-order valence-corrected chi connectivity index (χ2v) is 3.64. The highest BCUT2D eigenvalue weighted by atomic mass is 14.3. The average molecular weight is 200 g/mol. The van der Waals surface area contributed by atoms with Crippen molar-refractivity contribution in [2.45, 2.75) is 33.6 Å². The van der Waals surface area contributed by atoms with Crippen LogP contribution in [0.15, 0.2) is 34.9 Å². The van der Waals surface area contributed by atoms with E-state index in [0.29, 0.717) is 0 Å². The van der Waals surface area contributed by atoms with E-state index >= 15 is 0 Å². The molecule has 0 saturated carbocycles. The van der Waals surface area contributed by atoms with Crippen LogP contribution in [0.2, 0.25) is 0 Å². The number of rotatable bonds is 4. The molecule has 0 aliphatic rings. The van der Waals surface area contributed by atoms with Crippen LogP contribution in [0.25, 0.3) is 0 Å². The summed E-state index contributed by atoms with van der Waals surface area (Å²) in [7, 11) is 0. The Morgan fingerprint density at radius 2 is 1.67 bits per heavy atom. The largest absolute Gasteiger partial charge is 0.192 e. The van der Waals surface area contributed by atoms with E-state index in [1.807, 2.05) is 25.1 Å². The van der Waals surface area contributed by atoms with Crippen molar-refractivity contribution in [2.75, 3.05) is 0 Å². The van der Waals surface area contributed by atoms with Crippen LogP contribution in [0, 0.1) is 22.7 Å². The molecule has 0 saturated heterocycles. The predicted molar refractivity (Wildman–Crippen MR) is 61.7 cm³/mol. The van der Waals surface area contributed by atoms with Crippen molar-refractivity contribution in [1.82, 2.24) is 0 Å². The van der Waals surface area contributed by atoms with E-state index in [1.165, 1.54) is 11.1 Å². The molecule has 0 aliphatic carbocycles. The molecule has 0 fully saturated rings. The summed E-state index contributed by atoms with van der Waals surface area (Å²) < 4.78 is 0. The number of hydrogen-bond donors (Lipinski definition) is 0. The maximum atomic E-state index is 8.51. The monoisotopic (exact) mass is 200 g/mol. The zero-order valence-corrected chi connectivity index (χ0v) is 9.54. The van der Waals surface area contributed by atoms with Crippen LogP contribution < -0.4 is 0 Å². The lowest BCUT2D eigenvalue weighted by atomic mass is 10.1. The SMILES string of the molecule is CC(C)=CCC/C(C)=C/C=C(C#N)C#N. The lowest BCUT2D eigenvalue weighted by Gasteiger charge is -1.96. The quantitative estimate of drug-likeness (QED) is 0.395. The molecular weight excluding hydrogens is 184 g/mol. The molecule has 0 spiro atoms. The lowest BCUT2D eigenvalue weighted by molar-refractivity contribution is 0.967. The van der Waals surface area contributed by atoms with Gasteiger partial charge in [-0.2, -0.15) is 10.5 Å². The van der Waals surface area contributed by atoms with Gasteiger partial charge >= 0.3 is 0 Å².